The summed E-state index contributed by atoms with van der Waals surface area (Å²) in [7, 11) is 0. The summed E-state index contributed by atoms with van der Waals surface area (Å²) < 4.78 is 29.2. The minimum Gasteiger partial charge on any atom is -0.330 e. The summed E-state index contributed by atoms with van der Waals surface area (Å²) in [6.07, 6.45) is 2.98. The van der Waals surface area contributed by atoms with Crippen molar-refractivity contribution in [1.82, 2.24) is 15.0 Å². The summed E-state index contributed by atoms with van der Waals surface area (Å²) in [5, 5.41) is 7.58. The van der Waals surface area contributed by atoms with Gasteiger partial charge in [-0.3, -0.25) is 0 Å². The third-order valence-electron chi connectivity index (χ3n) is 2.78. The molecular weight excluding hydrogens is 250 g/mol. The van der Waals surface area contributed by atoms with Gasteiger partial charge in [0, 0.05) is 11.8 Å². The van der Waals surface area contributed by atoms with E-state index >= 15 is 0 Å². The molecule has 1 aromatic carbocycles. The molecule has 2 aromatic rings. The number of hydrogen-bond donors (Lipinski definition) is 1. The first-order chi connectivity index (χ1) is 9.12. The van der Waals surface area contributed by atoms with Gasteiger partial charge in [-0.1, -0.05) is 35.5 Å². The Kier molecular flexibility index (Phi) is 4.21. The number of halogens is 2. The van der Waals surface area contributed by atoms with Gasteiger partial charge in [0.15, 0.2) is 0 Å². The third kappa shape index (κ3) is 3.57. The molecule has 0 aliphatic rings. The highest BCUT2D eigenvalue weighted by Gasteiger charge is 2.32. The fourth-order valence-corrected chi connectivity index (χ4v) is 1.79. The summed E-state index contributed by atoms with van der Waals surface area (Å²) in [5.41, 5.74) is 6.06. The van der Waals surface area contributed by atoms with Crippen LogP contribution in [-0.4, -0.2) is 21.5 Å². The van der Waals surface area contributed by atoms with Crippen molar-refractivity contribution in [2.24, 2.45) is 5.73 Å². The highest BCUT2D eigenvalue weighted by atomic mass is 19.3. The SMILES string of the molecule is NCCCc1cn(CC(F)(F)c2ccccc2)nn1. The van der Waals surface area contributed by atoms with E-state index in [4.69, 9.17) is 5.73 Å². The van der Waals surface area contributed by atoms with Crippen LogP contribution in [0.4, 0.5) is 8.78 Å². The molecule has 0 saturated heterocycles. The number of aromatic nitrogens is 3. The first-order valence-electron chi connectivity index (χ1n) is 6.14. The minimum atomic E-state index is -2.96. The lowest BCUT2D eigenvalue weighted by Crippen LogP contribution is -2.21. The van der Waals surface area contributed by atoms with Crippen LogP contribution in [0.5, 0.6) is 0 Å². The molecule has 0 radical (unpaired) electrons. The normalized spacial score (nSPS) is 11.7. The molecule has 102 valence electrons. The zero-order chi connectivity index (χ0) is 13.7. The van der Waals surface area contributed by atoms with Gasteiger partial charge >= 0.3 is 0 Å². The van der Waals surface area contributed by atoms with E-state index < -0.39 is 12.5 Å². The van der Waals surface area contributed by atoms with Crippen LogP contribution < -0.4 is 5.73 Å². The van der Waals surface area contributed by atoms with Crippen molar-refractivity contribution in [3.63, 3.8) is 0 Å². The van der Waals surface area contributed by atoms with Crippen LogP contribution in [0, 0.1) is 0 Å². The highest BCUT2D eigenvalue weighted by molar-refractivity contribution is 5.19. The molecule has 2 N–H and O–H groups in total. The molecule has 0 spiro atoms. The Hall–Kier alpha value is -1.82. The van der Waals surface area contributed by atoms with Gasteiger partial charge < -0.3 is 5.73 Å². The molecule has 4 nitrogen and oxygen atoms in total. The van der Waals surface area contributed by atoms with E-state index in [1.807, 2.05) is 0 Å². The van der Waals surface area contributed by atoms with Gasteiger partial charge in [-0.2, -0.15) is 8.78 Å². The van der Waals surface area contributed by atoms with Crippen molar-refractivity contribution in [3.05, 3.63) is 47.8 Å². The molecule has 0 saturated carbocycles. The third-order valence-corrected chi connectivity index (χ3v) is 2.78. The molecule has 0 aliphatic carbocycles. The van der Waals surface area contributed by atoms with Gasteiger partial charge in [-0.25, -0.2) is 4.68 Å². The summed E-state index contributed by atoms with van der Waals surface area (Å²) in [5.74, 6) is -2.96. The first-order valence-corrected chi connectivity index (χ1v) is 6.14. The Morgan fingerprint density at radius 2 is 1.95 bits per heavy atom. The number of nitrogens with two attached hydrogens (primary N) is 1. The number of nitrogens with zero attached hydrogens (tertiary/aromatic N) is 3. The predicted octanol–water partition coefficient (Wildman–Crippen LogP) is 1.96. The minimum absolute atomic E-state index is 0.0194. The van der Waals surface area contributed by atoms with E-state index in [1.165, 1.54) is 16.8 Å². The molecule has 0 aliphatic heterocycles. The van der Waals surface area contributed by atoms with Crippen molar-refractivity contribution >= 4 is 0 Å². The molecule has 1 aromatic heterocycles. The van der Waals surface area contributed by atoms with Crippen molar-refractivity contribution in [2.45, 2.75) is 25.3 Å². The van der Waals surface area contributed by atoms with Crippen LogP contribution in [0.3, 0.4) is 0 Å². The highest BCUT2D eigenvalue weighted by Crippen LogP contribution is 2.29. The average molecular weight is 266 g/mol. The van der Waals surface area contributed by atoms with E-state index in [2.05, 4.69) is 10.3 Å². The van der Waals surface area contributed by atoms with Crippen LogP contribution >= 0.6 is 0 Å². The maximum absolute atomic E-state index is 14.0. The second-order valence-corrected chi connectivity index (χ2v) is 4.37. The molecule has 1 heterocycles. The van der Waals surface area contributed by atoms with E-state index in [0.29, 0.717) is 18.7 Å². The molecule has 0 bridgehead atoms. The van der Waals surface area contributed by atoms with E-state index in [9.17, 15) is 8.78 Å². The maximum Gasteiger partial charge on any atom is 0.292 e. The molecule has 0 atom stereocenters. The molecule has 0 fully saturated rings. The lowest BCUT2D eigenvalue weighted by Gasteiger charge is -2.15. The fraction of sp³-hybridized carbons (Fsp3) is 0.385. The lowest BCUT2D eigenvalue weighted by atomic mass is 10.1. The Labute approximate surface area is 110 Å². The summed E-state index contributed by atoms with van der Waals surface area (Å²) in [6.45, 7) is 0.0413. The second kappa shape index (κ2) is 5.88. The first kappa shape index (κ1) is 13.6. The van der Waals surface area contributed by atoms with Crippen LogP contribution in [0.25, 0.3) is 0 Å². The summed E-state index contributed by atoms with van der Waals surface area (Å²) in [6, 6.07) is 7.72. The van der Waals surface area contributed by atoms with Crippen LogP contribution in [0.2, 0.25) is 0 Å². The van der Waals surface area contributed by atoms with Crippen LogP contribution in [-0.2, 0) is 18.9 Å². The van der Waals surface area contributed by atoms with E-state index in [-0.39, 0.29) is 5.56 Å². The van der Waals surface area contributed by atoms with Gasteiger partial charge in [0.25, 0.3) is 5.92 Å². The lowest BCUT2D eigenvalue weighted by molar-refractivity contribution is -0.0258. The maximum atomic E-state index is 14.0. The number of alkyl halides is 2. The number of rotatable bonds is 6. The molecule has 0 amide bonds. The van der Waals surface area contributed by atoms with Crippen molar-refractivity contribution < 1.29 is 8.78 Å². The Morgan fingerprint density at radius 3 is 2.63 bits per heavy atom. The van der Waals surface area contributed by atoms with E-state index in [0.717, 1.165) is 6.42 Å². The van der Waals surface area contributed by atoms with Crippen molar-refractivity contribution in [3.8, 4) is 0 Å². The standard InChI is InChI=1S/C13H16F2N4/c14-13(15,11-5-2-1-3-6-11)10-19-9-12(17-18-19)7-4-8-16/h1-3,5-6,9H,4,7-8,10,16H2. The molecule has 6 heteroatoms. The topological polar surface area (TPSA) is 56.7 Å². The Morgan fingerprint density at radius 1 is 1.21 bits per heavy atom. The summed E-state index contributed by atoms with van der Waals surface area (Å²) in [4.78, 5) is 0. The zero-order valence-electron chi connectivity index (χ0n) is 10.5. The molecule has 0 unspecified atom stereocenters. The molecular formula is C13H16F2N4. The second-order valence-electron chi connectivity index (χ2n) is 4.37. The van der Waals surface area contributed by atoms with Gasteiger partial charge in [0.2, 0.25) is 0 Å². The number of benzene rings is 1. The van der Waals surface area contributed by atoms with Crippen LogP contribution in [0.15, 0.2) is 36.5 Å². The average Bonchev–Trinajstić information content (AvgIpc) is 2.84. The van der Waals surface area contributed by atoms with Gasteiger partial charge in [0.1, 0.15) is 6.54 Å². The van der Waals surface area contributed by atoms with Crippen molar-refractivity contribution in [1.29, 1.82) is 0 Å². The fourth-order valence-electron chi connectivity index (χ4n) is 1.79. The Balaban J connectivity index is 2.05. The van der Waals surface area contributed by atoms with Gasteiger partial charge in [0.05, 0.1) is 5.69 Å². The van der Waals surface area contributed by atoms with Gasteiger partial charge in [-0.05, 0) is 19.4 Å². The number of hydrogen-bond acceptors (Lipinski definition) is 3. The zero-order valence-corrected chi connectivity index (χ0v) is 10.5. The smallest absolute Gasteiger partial charge is 0.292 e. The van der Waals surface area contributed by atoms with Crippen LogP contribution in [0.1, 0.15) is 17.7 Å². The van der Waals surface area contributed by atoms with Gasteiger partial charge in [-0.15, -0.1) is 5.10 Å². The predicted molar refractivity (Wildman–Crippen MR) is 67.7 cm³/mol. The summed E-state index contributed by atoms with van der Waals surface area (Å²) >= 11 is 0. The molecule has 2 rings (SSSR count). The largest absolute Gasteiger partial charge is 0.330 e. The quantitative estimate of drug-likeness (QED) is 0.869. The van der Waals surface area contributed by atoms with Crippen molar-refractivity contribution in [2.75, 3.05) is 6.54 Å². The van der Waals surface area contributed by atoms with E-state index in [1.54, 1.807) is 24.4 Å². The Bertz CT molecular complexity index is 510. The molecule has 19 heavy (non-hydrogen) atoms. The number of aryl methyl sites for hydroxylation is 1. The monoisotopic (exact) mass is 266 g/mol.